The summed E-state index contributed by atoms with van der Waals surface area (Å²) >= 11 is 3.28. The van der Waals surface area contributed by atoms with E-state index in [-0.39, 0.29) is 5.56 Å². The zero-order valence-corrected chi connectivity index (χ0v) is 9.07. The third-order valence-corrected chi connectivity index (χ3v) is 2.43. The van der Waals surface area contributed by atoms with Gasteiger partial charge in [0.15, 0.2) is 0 Å². The lowest BCUT2D eigenvalue weighted by molar-refractivity contribution is 0.534. The van der Waals surface area contributed by atoms with E-state index in [1.54, 1.807) is 30.3 Å². The molecular formula is C10H5BrFN3. The summed E-state index contributed by atoms with van der Waals surface area (Å²) in [6, 6.07) is 8.71. The largest absolute Gasteiger partial charge is 0.234 e. The zero-order valence-electron chi connectivity index (χ0n) is 7.48. The van der Waals surface area contributed by atoms with Gasteiger partial charge in [0.2, 0.25) is 5.95 Å². The topological polar surface area (TPSA) is 41.6 Å². The van der Waals surface area contributed by atoms with Crippen molar-refractivity contribution < 1.29 is 4.39 Å². The van der Waals surface area contributed by atoms with E-state index in [9.17, 15) is 4.39 Å². The van der Waals surface area contributed by atoms with Crippen molar-refractivity contribution in [2.45, 2.75) is 0 Å². The van der Waals surface area contributed by atoms with E-state index in [0.717, 1.165) is 9.15 Å². The van der Waals surface area contributed by atoms with E-state index >= 15 is 0 Å². The molecule has 0 saturated carbocycles. The van der Waals surface area contributed by atoms with Crippen LogP contribution in [0.3, 0.4) is 0 Å². The summed E-state index contributed by atoms with van der Waals surface area (Å²) in [5, 5.41) is 12.4. The number of hydrogen-bond donors (Lipinski definition) is 0. The molecule has 1 heterocycles. The van der Waals surface area contributed by atoms with Crippen LogP contribution in [0.25, 0.3) is 5.69 Å². The molecule has 3 nitrogen and oxygen atoms in total. The lowest BCUT2D eigenvalue weighted by Gasteiger charge is -2.01. The highest BCUT2D eigenvalue weighted by Gasteiger charge is 2.10. The number of hydrogen-bond acceptors (Lipinski definition) is 2. The highest BCUT2D eigenvalue weighted by Crippen LogP contribution is 2.16. The van der Waals surface area contributed by atoms with Gasteiger partial charge in [0.25, 0.3) is 0 Å². The van der Waals surface area contributed by atoms with Gasteiger partial charge in [0.05, 0.1) is 11.9 Å². The minimum atomic E-state index is -0.639. The second kappa shape index (κ2) is 3.83. The molecule has 0 amide bonds. The summed E-state index contributed by atoms with van der Waals surface area (Å²) in [4.78, 5) is 0. The standard InChI is InChI=1S/C10H5BrFN3/c11-8-1-3-9(4-2-8)15-10(12)7(5-13)6-14-15/h1-4,6H. The van der Waals surface area contributed by atoms with Gasteiger partial charge in [-0.3, -0.25) is 0 Å². The lowest BCUT2D eigenvalue weighted by Crippen LogP contribution is -1.99. The first-order valence-corrected chi connectivity index (χ1v) is 4.91. The molecule has 2 rings (SSSR count). The third-order valence-electron chi connectivity index (χ3n) is 1.90. The highest BCUT2D eigenvalue weighted by atomic mass is 79.9. The predicted molar refractivity (Wildman–Crippen MR) is 55.9 cm³/mol. The van der Waals surface area contributed by atoms with Gasteiger partial charge in [0, 0.05) is 4.47 Å². The first-order valence-electron chi connectivity index (χ1n) is 4.12. The number of halogens is 2. The Labute approximate surface area is 93.9 Å². The monoisotopic (exact) mass is 265 g/mol. The fourth-order valence-electron chi connectivity index (χ4n) is 1.17. The smallest absolute Gasteiger partial charge is 0.206 e. The Balaban J connectivity index is 2.51. The summed E-state index contributed by atoms with van der Waals surface area (Å²) in [7, 11) is 0. The van der Waals surface area contributed by atoms with Crippen molar-refractivity contribution in [3.05, 3.63) is 46.4 Å². The SMILES string of the molecule is N#Cc1cnn(-c2ccc(Br)cc2)c1F. The van der Waals surface area contributed by atoms with E-state index < -0.39 is 5.95 Å². The van der Waals surface area contributed by atoms with Crippen LogP contribution >= 0.6 is 15.9 Å². The molecule has 1 aromatic carbocycles. The van der Waals surface area contributed by atoms with Crippen LogP contribution in [-0.2, 0) is 0 Å². The Morgan fingerprint density at radius 2 is 2.00 bits per heavy atom. The number of rotatable bonds is 1. The fourth-order valence-corrected chi connectivity index (χ4v) is 1.44. The van der Waals surface area contributed by atoms with Crippen molar-refractivity contribution in [2.75, 3.05) is 0 Å². The Morgan fingerprint density at radius 1 is 1.33 bits per heavy atom. The molecule has 0 unspecified atom stereocenters. The molecule has 1 aromatic heterocycles. The molecule has 0 atom stereocenters. The van der Waals surface area contributed by atoms with Crippen molar-refractivity contribution in [1.29, 1.82) is 5.26 Å². The second-order valence-corrected chi connectivity index (χ2v) is 3.76. The molecule has 0 radical (unpaired) electrons. The molecule has 5 heteroatoms. The van der Waals surface area contributed by atoms with E-state index in [2.05, 4.69) is 21.0 Å². The van der Waals surface area contributed by atoms with E-state index in [1.165, 1.54) is 6.20 Å². The molecule has 0 spiro atoms. The van der Waals surface area contributed by atoms with Crippen molar-refractivity contribution in [3.8, 4) is 11.8 Å². The quantitative estimate of drug-likeness (QED) is 0.796. The van der Waals surface area contributed by atoms with E-state index in [4.69, 9.17) is 5.26 Å². The summed E-state index contributed by atoms with van der Waals surface area (Å²) in [6.07, 6.45) is 1.21. The van der Waals surface area contributed by atoms with Gasteiger partial charge in [-0.25, -0.2) is 4.68 Å². The molecule has 0 aliphatic rings. The third kappa shape index (κ3) is 1.76. The molecule has 0 aliphatic heterocycles. The first kappa shape index (κ1) is 9.87. The van der Waals surface area contributed by atoms with E-state index in [0.29, 0.717) is 5.69 Å². The van der Waals surface area contributed by atoms with Crippen molar-refractivity contribution >= 4 is 15.9 Å². The maximum atomic E-state index is 13.5. The molecule has 2 aromatic rings. The van der Waals surface area contributed by atoms with Crippen molar-refractivity contribution in [2.24, 2.45) is 0 Å². The Kier molecular flexibility index (Phi) is 2.52. The van der Waals surface area contributed by atoms with Gasteiger partial charge in [-0.05, 0) is 24.3 Å². The van der Waals surface area contributed by atoms with Gasteiger partial charge in [-0.1, -0.05) is 15.9 Å². The van der Waals surface area contributed by atoms with E-state index in [1.807, 2.05) is 0 Å². The molecular weight excluding hydrogens is 261 g/mol. The molecule has 0 fully saturated rings. The second-order valence-electron chi connectivity index (χ2n) is 2.85. The summed E-state index contributed by atoms with van der Waals surface area (Å²) in [5.74, 6) is -0.639. The van der Waals surface area contributed by atoms with Crippen LogP contribution < -0.4 is 0 Å². The van der Waals surface area contributed by atoms with Crippen LogP contribution in [0.5, 0.6) is 0 Å². The van der Waals surface area contributed by atoms with Gasteiger partial charge in [-0.2, -0.15) is 14.8 Å². The van der Waals surface area contributed by atoms with Gasteiger partial charge < -0.3 is 0 Å². The average molecular weight is 266 g/mol. The lowest BCUT2D eigenvalue weighted by atomic mass is 10.3. The molecule has 15 heavy (non-hydrogen) atoms. The Bertz CT molecular complexity index is 525. The number of nitriles is 1. The summed E-state index contributed by atoms with van der Waals surface area (Å²) < 4.78 is 15.5. The maximum absolute atomic E-state index is 13.5. The van der Waals surface area contributed by atoms with Crippen molar-refractivity contribution in [3.63, 3.8) is 0 Å². The van der Waals surface area contributed by atoms with Crippen LogP contribution in [-0.4, -0.2) is 9.78 Å². The molecule has 0 bridgehead atoms. The molecule has 0 saturated heterocycles. The minimum Gasteiger partial charge on any atom is -0.206 e. The normalized spacial score (nSPS) is 9.93. The summed E-state index contributed by atoms with van der Waals surface area (Å²) in [5.41, 5.74) is 0.523. The molecule has 0 aliphatic carbocycles. The molecule has 74 valence electrons. The number of aromatic nitrogens is 2. The van der Waals surface area contributed by atoms with Crippen LogP contribution in [0.1, 0.15) is 5.56 Å². The number of benzene rings is 1. The Hall–Kier alpha value is -1.67. The maximum Gasteiger partial charge on any atom is 0.234 e. The van der Waals surface area contributed by atoms with Crippen LogP contribution in [0, 0.1) is 17.3 Å². The molecule has 0 N–H and O–H groups in total. The minimum absolute atomic E-state index is 0.0575. The highest BCUT2D eigenvalue weighted by molar-refractivity contribution is 9.10. The predicted octanol–water partition coefficient (Wildman–Crippen LogP) is 2.65. The number of nitrogens with zero attached hydrogens (tertiary/aromatic N) is 3. The Morgan fingerprint density at radius 3 is 2.53 bits per heavy atom. The fraction of sp³-hybridized carbons (Fsp3) is 0. The van der Waals surface area contributed by atoms with Crippen LogP contribution in [0.15, 0.2) is 34.9 Å². The van der Waals surface area contributed by atoms with Crippen molar-refractivity contribution in [1.82, 2.24) is 9.78 Å². The van der Waals surface area contributed by atoms with Crippen LogP contribution in [0.2, 0.25) is 0 Å². The van der Waals surface area contributed by atoms with Gasteiger partial charge in [-0.15, -0.1) is 0 Å². The zero-order chi connectivity index (χ0) is 10.8. The van der Waals surface area contributed by atoms with Gasteiger partial charge >= 0.3 is 0 Å². The first-order chi connectivity index (χ1) is 7.22. The average Bonchev–Trinajstić information content (AvgIpc) is 2.61. The van der Waals surface area contributed by atoms with Gasteiger partial charge in [0.1, 0.15) is 11.6 Å². The summed E-state index contributed by atoms with van der Waals surface area (Å²) in [6.45, 7) is 0. The van der Waals surface area contributed by atoms with Crippen LogP contribution in [0.4, 0.5) is 4.39 Å².